The summed E-state index contributed by atoms with van der Waals surface area (Å²) in [4.78, 5) is 6.49. The van der Waals surface area contributed by atoms with Crippen molar-refractivity contribution in [3.05, 3.63) is 65.6 Å². The second-order valence-corrected chi connectivity index (χ2v) is 8.21. The van der Waals surface area contributed by atoms with Gasteiger partial charge >= 0.3 is 0 Å². The zero-order valence-corrected chi connectivity index (χ0v) is 17.9. The van der Waals surface area contributed by atoms with E-state index in [0.29, 0.717) is 34.8 Å². The van der Waals surface area contributed by atoms with E-state index in [-0.39, 0.29) is 11.7 Å². The molecular formula is C23H25FN8. The molecule has 2 aromatic heterocycles. The first kappa shape index (κ1) is 20.2. The van der Waals surface area contributed by atoms with E-state index in [1.54, 1.807) is 6.20 Å². The minimum Gasteiger partial charge on any atom is -0.396 e. The topological polar surface area (TPSA) is 109 Å². The summed E-state index contributed by atoms with van der Waals surface area (Å²) in [5, 5.41) is 17.6. The van der Waals surface area contributed by atoms with E-state index in [1.807, 2.05) is 24.4 Å². The Morgan fingerprint density at radius 2 is 2.25 bits per heavy atom. The second-order valence-electron chi connectivity index (χ2n) is 8.21. The molecule has 0 aliphatic carbocycles. The lowest BCUT2D eigenvalue weighted by atomic mass is 9.84. The first-order valence-electron chi connectivity index (χ1n) is 10.8. The van der Waals surface area contributed by atoms with Crippen LogP contribution in [0.3, 0.4) is 0 Å². The number of nitrogens with zero attached hydrogens (tertiary/aromatic N) is 5. The minimum atomic E-state index is -0.429. The number of rotatable bonds is 6. The number of halogens is 1. The standard InChI is InChI=1S/C23H25FN8/c1-13-8-9-16-21(27-11-5-7-15-6-3-4-10-26-15)19(24)20(25)18-14(2)17(12-32(13)22(16)18)23-28-30-31-29-23/h3-4,6,10,12-13,27H,2,5,7-9,11,25H2,1H3,(H,28,29,30,31). The Morgan fingerprint density at radius 3 is 3.00 bits per heavy atom. The van der Waals surface area contributed by atoms with Crippen LogP contribution in [0.5, 0.6) is 0 Å². The van der Waals surface area contributed by atoms with Gasteiger partial charge in [0.1, 0.15) is 0 Å². The van der Waals surface area contributed by atoms with E-state index in [0.717, 1.165) is 42.6 Å². The van der Waals surface area contributed by atoms with Gasteiger partial charge in [0.15, 0.2) is 5.82 Å². The smallest absolute Gasteiger partial charge is 0.206 e. The van der Waals surface area contributed by atoms with Gasteiger partial charge in [-0.3, -0.25) is 4.98 Å². The SMILES string of the molecule is C=C1C(c2nn[nH]n2)=CN2c3c(c(NCCCc4ccccn4)c(F)c(N)c31)CCC2C. The molecule has 164 valence electrons. The highest BCUT2D eigenvalue weighted by Gasteiger charge is 2.36. The number of anilines is 3. The summed E-state index contributed by atoms with van der Waals surface area (Å²) >= 11 is 0. The lowest BCUT2D eigenvalue weighted by Gasteiger charge is -2.41. The van der Waals surface area contributed by atoms with Gasteiger partial charge < -0.3 is 16.0 Å². The lowest BCUT2D eigenvalue weighted by Crippen LogP contribution is -2.36. The predicted octanol–water partition coefficient (Wildman–Crippen LogP) is 3.57. The predicted molar refractivity (Wildman–Crippen MR) is 123 cm³/mol. The number of aromatic nitrogens is 5. The third-order valence-electron chi connectivity index (χ3n) is 6.21. The van der Waals surface area contributed by atoms with Crippen LogP contribution in [0.15, 0.2) is 37.2 Å². The van der Waals surface area contributed by atoms with Gasteiger partial charge in [0.2, 0.25) is 5.82 Å². The summed E-state index contributed by atoms with van der Waals surface area (Å²) in [6, 6.07) is 6.09. The summed E-state index contributed by atoms with van der Waals surface area (Å²) in [5.41, 5.74) is 11.7. The molecule has 0 saturated heterocycles. The van der Waals surface area contributed by atoms with Crippen LogP contribution in [0, 0.1) is 5.82 Å². The molecule has 0 bridgehead atoms. The third kappa shape index (κ3) is 3.30. The fraction of sp³-hybridized carbons (Fsp3) is 0.304. The maximum Gasteiger partial charge on any atom is 0.206 e. The van der Waals surface area contributed by atoms with E-state index < -0.39 is 5.82 Å². The minimum absolute atomic E-state index is 0.0918. The Labute approximate surface area is 185 Å². The number of aryl methyl sites for hydroxylation is 1. The molecule has 9 heteroatoms. The highest BCUT2D eigenvalue weighted by atomic mass is 19.1. The van der Waals surface area contributed by atoms with E-state index in [9.17, 15) is 0 Å². The molecule has 1 aromatic carbocycles. The van der Waals surface area contributed by atoms with Crippen molar-refractivity contribution in [1.29, 1.82) is 0 Å². The maximum absolute atomic E-state index is 15.5. The van der Waals surface area contributed by atoms with Gasteiger partial charge in [-0.05, 0) is 55.5 Å². The van der Waals surface area contributed by atoms with E-state index in [1.165, 1.54) is 0 Å². The largest absolute Gasteiger partial charge is 0.396 e. The Hall–Kier alpha value is -3.75. The van der Waals surface area contributed by atoms with Gasteiger partial charge in [-0.2, -0.15) is 5.21 Å². The molecule has 0 spiro atoms. The Balaban J connectivity index is 1.49. The highest BCUT2D eigenvalue weighted by Crippen LogP contribution is 2.51. The average molecular weight is 433 g/mol. The monoisotopic (exact) mass is 432 g/mol. The highest BCUT2D eigenvalue weighted by molar-refractivity contribution is 6.12. The number of hydrogen-bond donors (Lipinski definition) is 3. The Morgan fingerprint density at radius 1 is 1.38 bits per heavy atom. The molecule has 5 rings (SSSR count). The average Bonchev–Trinajstić information content (AvgIpc) is 3.34. The van der Waals surface area contributed by atoms with Crippen molar-refractivity contribution in [2.75, 3.05) is 22.5 Å². The molecule has 2 aliphatic rings. The fourth-order valence-electron chi connectivity index (χ4n) is 4.55. The van der Waals surface area contributed by atoms with Crippen molar-refractivity contribution in [2.24, 2.45) is 0 Å². The molecule has 1 atom stereocenters. The Bertz CT molecular complexity index is 1190. The molecule has 1 unspecified atom stereocenters. The molecule has 0 fully saturated rings. The first-order chi connectivity index (χ1) is 15.6. The fourth-order valence-corrected chi connectivity index (χ4v) is 4.55. The van der Waals surface area contributed by atoms with Crippen molar-refractivity contribution in [2.45, 2.75) is 38.6 Å². The van der Waals surface area contributed by atoms with Crippen LogP contribution in [-0.2, 0) is 12.8 Å². The summed E-state index contributed by atoms with van der Waals surface area (Å²) in [5.74, 6) is -0.0156. The summed E-state index contributed by atoms with van der Waals surface area (Å²) in [6.07, 6.45) is 7.07. The molecule has 4 heterocycles. The van der Waals surface area contributed by atoms with Gasteiger partial charge in [-0.25, -0.2) is 4.39 Å². The number of allylic oxidation sites excluding steroid dienone is 2. The van der Waals surface area contributed by atoms with Crippen molar-refractivity contribution >= 4 is 28.2 Å². The van der Waals surface area contributed by atoms with Gasteiger partial charge in [0.25, 0.3) is 0 Å². The molecule has 2 aliphatic heterocycles. The molecule has 0 radical (unpaired) electrons. The summed E-state index contributed by atoms with van der Waals surface area (Å²) < 4.78 is 15.5. The van der Waals surface area contributed by atoms with E-state index in [4.69, 9.17) is 5.73 Å². The Kier molecular flexibility index (Phi) is 5.08. The molecule has 0 amide bonds. The van der Waals surface area contributed by atoms with Crippen molar-refractivity contribution < 1.29 is 4.39 Å². The number of nitrogens with one attached hydrogen (secondary N) is 2. The van der Waals surface area contributed by atoms with Gasteiger partial charge in [0, 0.05) is 47.4 Å². The number of aromatic amines is 1. The van der Waals surface area contributed by atoms with Crippen LogP contribution in [0.25, 0.3) is 11.1 Å². The quantitative estimate of drug-likeness (QED) is 0.404. The number of nitrogens with two attached hydrogens (primary N) is 1. The molecule has 32 heavy (non-hydrogen) atoms. The molecular weight excluding hydrogens is 407 g/mol. The summed E-state index contributed by atoms with van der Waals surface area (Å²) in [7, 11) is 0. The van der Waals surface area contributed by atoms with Crippen LogP contribution < -0.4 is 16.0 Å². The third-order valence-corrected chi connectivity index (χ3v) is 6.21. The molecule has 0 saturated carbocycles. The zero-order valence-electron chi connectivity index (χ0n) is 17.9. The van der Waals surface area contributed by atoms with Crippen LogP contribution >= 0.6 is 0 Å². The first-order valence-corrected chi connectivity index (χ1v) is 10.8. The number of nitrogen functional groups attached to an aromatic ring is 1. The normalized spacial score (nSPS) is 17.2. The number of H-pyrrole nitrogens is 1. The van der Waals surface area contributed by atoms with Crippen molar-refractivity contribution in [1.82, 2.24) is 25.6 Å². The van der Waals surface area contributed by atoms with Crippen LogP contribution in [-0.4, -0.2) is 38.2 Å². The van der Waals surface area contributed by atoms with Gasteiger partial charge in [-0.15, -0.1) is 10.2 Å². The molecule has 4 N–H and O–H groups in total. The van der Waals surface area contributed by atoms with Crippen LogP contribution in [0.1, 0.15) is 42.4 Å². The number of hydrogen-bond acceptors (Lipinski definition) is 7. The number of pyridine rings is 1. The van der Waals surface area contributed by atoms with Crippen LogP contribution in [0.2, 0.25) is 0 Å². The number of benzene rings is 1. The van der Waals surface area contributed by atoms with Gasteiger partial charge in [-0.1, -0.05) is 12.6 Å². The lowest BCUT2D eigenvalue weighted by molar-refractivity contribution is 0.598. The van der Waals surface area contributed by atoms with Gasteiger partial charge in [0.05, 0.1) is 17.1 Å². The molecule has 8 nitrogen and oxygen atoms in total. The van der Waals surface area contributed by atoms with Crippen LogP contribution in [0.4, 0.5) is 21.5 Å². The number of tetrazole rings is 1. The zero-order chi connectivity index (χ0) is 22.2. The maximum atomic E-state index is 15.5. The second kappa shape index (κ2) is 8.07. The van der Waals surface area contributed by atoms with E-state index >= 15 is 4.39 Å². The summed E-state index contributed by atoms with van der Waals surface area (Å²) in [6.45, 7) is 6.97. The van der Waals surface area contributed by atoms with Crippen molar-refractivity contribution in [3.63, 3.8) is 0 Å². The molecule has 3 aromatic rings. The van der Waals surface area contributed by atoms with Crippen molar-refractivity contribution in [3.8, 4) is 0 Å². The van der Waals surface area contributed by atoms with E-state index in [2.05, 4.69) is 49.3 Å².